The molecule has 0 spiro atoms. The number of fused-ring (bicyclic) bond motifs is 1. The van der Waals surface area contributed by atoms with E-state index in [1.165, 1.54) is 0 Å². The van der Waals surface area contributed by atoms with Gasteiger partial charge in [0.05, 0.1) is 35.5 Å². The second-order valence-electron chi connectivity index (χ2n) is 11.1. The van der Waals surface area contributed by atoms with Crippen molar-refractivity contribution >= 4 is 16.7 Å². The Morgan fingerprint density at radius 3 is 2.48 bits per heavy atom. The molecule has 0 saturated heterocycles. The molecule has 2 N–H and O–H groups in total. The van der Waals surface area contributed by atoms with Crippen molar-refractivity contribution in [2.24, 2.45) is 0 Å². The lowest BCUT2D eigenvalue weighted by Gasteiger charge is -2.29. The van der Waals surface area contributed by atoms with Gasteiger partial charge in [0, 0.05) is 42.2 Å². The zero-order valence-electron chi connectivity index (χ0n) is 23.2. The molecule has 9 nitrogen and oxygen atoms in total. The molecule has 2 aliphatic rings. The highest BCUT2D eigenvalue weighted by molar-refractivity contribution is 5.93. The fourth-order valence-corrected chi connectivity index (χ4v) is 6.08. The molecule has 0 unspecified atom stereocenters. The average Bonchev–Trinajstić information content (AvgIpc) is 3.60. The minimum atomic E-state index is -4.82. The summed E-state index contributed by atoms with van der Waals surface area (Å²) in [6, 6.07) is 2.83. The molecular weight excluding hydrogens is 554 g/mol. The molecule has 0 atom stereocenters. The van der Waals surface area contributed by atoms with Crippen molar-refractivity contribution in [3.05, 3.63) is 48.3 Å². The van der Waals surface area contributed by atoms with Crippen molar-refractivity contribution in [1.82, 2.24) is 29.5 Å². The number of ether oxygens (including phenoxy) is 1. The molecule has 0 aliphatic heterocycles. The van der Waals surface area contributed by atoms with Gasteiger partial charge in [-0.25, -0.2) is 14.4 Å². The van der Waals surface area contributed by atoms with Gasteiger partial charge in [-0.1, -0.05) is 0 Å². The minimum absolute atomic E-state index is 0.00664. The van der Waals surface area contributed by atoms with Crippen LogP contribution in [-0.4, -0.2) is 53.4 Å². The highest BCUT2D eigenvalue weighted by Crippen LogP contribution is 2.39. The lowest BCUT2D eigenvalue weighted by molar-refractivity contribution is -0.140. The van der Waals surface area contributed by atoms with Gasteiger partial charge in [-0.05, 0) is 64.4 Å². The smallest absolute Gasteiger partial charge is 0.419 e. The van der Waals surface area contributed by atoms with E-state index in [4.69, 9.17) is 9.84 Å². The highest BCUT2D eigenvalue weighted by atomic mass is 19.4. The van der Waals surface area contributed by atoms with Crippen LogP contribution in [0.4, 0.5) is 23.4 Å². The van der Waals surface area contributed by atoms with Crippen LogP contribution < -0.4 is 10.1 Å². The predicted molar refractivity (Wildman–Crippen MR) is 148 cm³/mol. The Kier molecular flexibility index (Phi) is 7.77. The van der Waals surface area contributed by atoms with Crippen LogP contribution in [0.2, 0.25) is 0 Å². The standard InChI is InChI=1S/C29H33F4N7O2/c1-2-34-25-13-24-22(15-36-25)27(17-14-37-39(16-17)18-3-7-20(41)8-4-18)38-40(24)19-5-9-21(10-6-19)42-28-26(30)23(11-12-35-28)29(31,32)33/h11-16,18-21,41H,2-10H2,1H3,(H,34,36)/t18-,19?,20-,21?. The summed E-state index contributed by atoms with van der Waals surface area (Å²) in [4.78, 5) is 8.29. The van der Waals surface area contributed by atoms with Gasteiger partial charge in [0.15, 0.2) is 5.82 Å². The number of pyridine rings is 2. The van der Waals surface area contributed by atoms with E-state index >= 15 is 0 Å². The summed E-state index contributed by atoms with van der Waals surface area (Å²) < 4.78 is 63.5. The summed E-state index contributed by atoms with van der Waals surface area (Å²) in [6.07, 6.45) is 6.60. The number of aliphatic hydroxyl groups excluding tert-OH is 1. The molecule has 13 heteroatoms. The Labute approximate surface area is 239 Å². The van der Waals surface area contributed by atoms with Gasteiger partial charge in [-0.15, -0.1) is 0 Å². The second kappa shape index (κ2) is 11.5. The van der Waals surface area contributed by atoms with Gasteiger partial charge in [0.2, 0.25) is 0 Å². The van der Waals surface area contributed by atoms with Crippen molar-refractivity contribution in [3.63, 3.8) is 0 Å². The minimum Gasteiger partial charge on any atom is -0.472 e. The number of halogens is 4. The molecule has 0 radical (unpaired) electrons. The van der Waals surface area contributed by atoms with Crippen LogP contribution in [0, 0.1) is 5.82 Å². The Bertz CT molecular complexity index is 1540. The van der Waals surface area contributed by atoms with E-state index in [0.29, 0.717) is 38.3 Å². The van der Waals surface area contributed by atoms with Gasteiger partial charge in [-0.3, -0.25) is 9.36 Å². The zero-order valence-corrected chi connectivity index (χ0v) is 23.2. The topological polar surface area (TPSA) is 103 Å². The maximum Gasteiger partial charge on any atom is 0.419 e. The molecule has 224 valence electrons. The van der Waals surface area contributed by atoms with E-state index < -0.39 is 29.5 Å². The van der Waals surface area contributed by atoms with Gasteiger partial charge in [0.1, 0.15) is 17.6 Å². The van der Waals surface area contributed by atoms with Crippen LogP contribution in [0.5, 0.6) is 5.88 Å². The molecule has 0 aromatic carbocycles. The number of nitrogens with one attached hydrogen (secondary N) is 1. The number of nitrogens with zero attached hydrogens (tertiary/aromatic N) is 6. The third-order valence-electron chi connectivity index (χ3n) is 8.30. The Morgan fingerprint density at radius 1 is 1.02 bits per heavy atom. The van der Waals surface area contributed by atoms with Gasteiger partial charge in [-0.2, -0.15) is 23.4 Å². The monoisotopic (exact) mass is 587 g/mol. The molecule has 4 aromatic rings. The molecule has 2 fully saturated rings. The first kappa shape index (κ1) is 28.4. The predicted octanol–water partition coefficient (Wildman–Crippen LogP) is 6.32. The molecule has 2 aliphatic carbocycles. The molecule has 6 rings (SSSR count). The van der Waals surface area contributed by atoms with Gasteiger partial charge >= 0.3 is 6.18 Å². The summed E-state index contributed by atoms with van der Waals surface area (Å²) in [5.41, 5.74) is 1.19. The number of rotatable bonds is 7. The first-order valence-corrected chi connectivity index (χ1v) is 14.4. The van der Waals surface area contributed by atoms with E-state index in [-0.39, 0.29) is 18.2 Å². The highest BCUT2D eigenvalue weighted by Gasteiger charge is 2.36. The van der Waals surface area contributed by atoms with Crippen LogP contribution in [0.25, 0.3) is 22.2 Å². The van der Waals surface area contributed by atoms with Crippen molar-refractivity contribution in [2.45, 2.75) is 88.8 Å². The normalized spacial score (nSPS) is 23.3. The van der Waals surface area contributed by atoms with E-state index in [9.17, 15) is 22.7 Å². The lowest BCUT2D eigenvalue weighted by Crippen LogP contribution is -2.27. The molecular formula is C29H33F4N7O2. The number of hydrogen-bond acceptors (Lipinski definition) is 7. The molecule has 42 heavy (non-hydrogen) atoms. The maximum absolute atomic E-state index is 14.5. The molecule has 4 aromatic heterocycles. The van der Waals surface area contributed by atoms with Gasteiger partial charge in [0.25, 0.3) is 5.88 Å². The number of aromatic nitrogens is 6. The summed E-state index contributed by atoms with van der Waals surface area (Å²) >= 11 is 0. The van der Waals surface area contributed by atoms with Crippen LogP contribution in [0.15, 0.2) is 36.9 Å². The van der Waals surface area contributed by atoms with Crippen molar-refractivity contribution in [3.8, 4) is 17.1 Å². The molecule has 0 bridgehead atoms. The number of alkyl halides is 3. The summed E-state index contributed by atoms with van der Waals surface area (Å²) in [5.74, 6) is -1.37. The zero-order chi connectivity index (χ0) is 29.4. The van der Waals surface area contributed by atoms with Crippen LogP contribution in [-0.2, 0) is 6.18 Å². The van der Waals surface area contributed by atoms with Crippen molar-refractivity contribution < 1.29 is 27.4 Å². The maximum atomic E-state index is 14.5. The Balaban J connectivity index is 1.23. The molecule has 2 saturated carbocycles. The molecule has 0 amide bonds. The third-order valence-corrected chi connectivity index (χ3v) is 8.30. The Morgan fingerprint density at radius 2 is 1.76 bits per heavy atom. The summed E-state index contributed by atoms with van der Waals surface area (Å²) in [6.45, 7) is 2.71. The fraction of sp³-hybridized carbons (Fsp3) is 0.517. The second-order valence-corrected chi connectivity index (χ2v) is 11.1. The van der Waals surface area contributed by atoms with Crippen LogP contribution >= 0.6 is 0 Å². The number of aliphatic hydroxyl groups is 1. The van der Waals surface area contributed by atoms with Gasteiger partial charge < -0.3 is 15.2 Å². The average molecular weight is 588 g/mol. The first-order valence-electron chi connectivity index (χ1n) is 14.4. The molecule has 4 heterocycles. The first-order chi connectivity index (χ1) is 20.2. The van der Waals surface area contributed by atoms with E-state index in [1.807, 2.05) is 40.9 Å². The number of hydrogen-bond donors (Lipinski definition) is 2. The summed E-state index contributed by atoms with van der Waals surface area (Å²) in [7, 11) is 0. The van der Waals surface area contributed by atoms with Crippen molar-refractivity contribution in [2.75, 3.05) is 11.9 Å². The number of anilines is 1. The SMILES string of the molecule is CCNc1cc2c(cn1)c(-c1cnn([C@H]3CC[C@H](O)CC3)c1)nn2C1CCC(Oc2nccc(C(F)(F)F)c2F)CC1. The fourth-order valence-electron chi connectivity index (χ4n) is 6.08. The lowest BCUT2D eigenvalue weighted by atomic mass is 9.93. The van der Waals surface area contributed by atoms with Crippen LogP contribution in [0.1, 0.15) is 75.9 Å². The third kappa shape index (κ3) is 5.66. The Hall–Kier alpha value is -3.74. The largest absolute Gasteiger partial charge is 0.472 e. The van der Waals surface area contributed by atoms with E-state index in [1.54, 1.807) is 0 Å². The summed E-state index contributed by atoms with van der Waals surface area (Å²) in [5, 5.41) is 23.7. The van der Waals surface area contributed by atoms with Crippen molar-refractivity contribution in [1.29, 1.82) is 0 Å². The quantitative estimate of drug-likeness (QED) is 0.244. The van der Waals surface area contributed by atoms with Crippen LogP contribution in [0.3, 0.4) is 0 Å². The van der Waals surface area contributed by atoms with E-state index in [2.05, 4.69) is 20.4 Å². The van der Waals surface area contributed by atoms with E-state index in [0.717, 1.165) is 59.9 Å².